The Hall–Kier alpha value is -2.85. The molecule has 1 unspecified atom stereocenters. The summed E-state index contributed by atoms with van der Waals surface area (Å²) >= 11 is 0. The Morgan fingerprint density at radius 1 is 1.05 bits per heavy atom. The van der Waals surface area contributed by atoms with Crippen LogP contribution in [0.25, 0.3) is 6.08 Å². The van der Waals surface area contributed by atoms with E-state index >= 15 is 0 Å². The van der Waals surface area contributed by atoms with Gasteiger partial charge in [0.05, 0.1) is 6.61 Å². The zero-order chi connectivity index (χ0) is 30.8. The zero-order valence-corrected chi connectivity index (χ0v) is 27.4. The summed E-state index contributed by atoms with van der Waals surface area (Å²) in [6.45, 7) is 23.4. The van der Waals surface area contributed by atoms with Crippen LogP contribution in [0, 0.1) is 33.6 Å². The average molecular weight is 563 g/mol. The summed E-state index contributed by atoms with van der Waals surface area (Å²) in [4.78, 5) is 11.9. The molecule has 1 amide bonds. The van der Waals surface area contributed by atoms with Crippen molar-refractivity contribution in [2.45, 2.75) is 106 Å². The maximum Gasteiger partial charge on any atom is 0.209 e. The number of unbranched alkanes of at least 4 members (excludes halogenated alkanes) is 1. The van der Waals surface area contributed by atoms with E-state index in [1.165, 1.54) is 59.1 Å². The van der Waals surface area contributed by atoms with Crippen LogP contribution in [-0.4, -0.2) is 37.0 Å². The highest BCUT2D eigenvalue weighted by Crippen LogP contribution is 2.31. The number of likely N-dealkylation sites (tertiary alicyclic amines) is 1. The first-order valence-electron chi connectivity index (χ1n) is 15.6. The van der Waals surface area contributed by atoms with E-state index < -0.39 is 0 Å². The number of ether oxygens (including phenoxy) is 1. The van der Waals surface area contributed by atoms with E-state index in [0.717, 1.165) is 62.6 Å². The van der Waals surface area contributed by atoms with Crippen LogP contribution < -0.4 is 10.5 Å². The maximum atomic E-state index is 10.2. The molecule has 4 heteroatoms. The minimum absolute atomic E-state index is 0.212. The molecular weight excluding hydrogens is 504 g/mol. The van der Waals surface area contributed by atoms with E-state index in [2.05, 4.69) is 97.5 Å². The number of amides is 1. The Balaban J connectivity index is 0.000000288. The number of rotatable bonds is 8. The second-order valence-electron chi connectivity index (χ2n) is 11.7. The molecule has 0 aromatic heterocycles. The molecule has 4 rings (SSSR count). The van der Waals surface area contributed by atoms with Crippen LogP contribution in [0.4, 0.5) is 0 Å². The highest BCUT2D eigenvalue weighted by molar-refractivity contribution is 5.59. The molecule has 2 aromatic rings. The standard InChI is InChI=1S/C13H20O.C13H16.C6H12N2O.C5H10/c1-5-6-7-14-13-9-10(2)8-11(3)12(13)4;1-10(2)12(4)9-13-8-6-5-7-11(13)3;7-6-2-1-3-8(4-6)5-9;1-2-5-3-4-5/h8-9H,5-7H2,1-4H3;5-9H,1H2,2-4H3;5-6H,1-4,7H2;5H,2-4H2,1H3/b;12-9+;;. The van der Waals surface area contributed by atoms with Crippen molar-refractivity contribution in [3.63, 3.8) is 0 Å². The van der Waals surface area contributed by atoms with Crippen LogP contribution >= 0.6 is 0 Å². The van der Waals surface area contributed by atoms with Crippen molar-refractivity contribution >= 4 is 12.5 Å². The number of aryl methyl sites for hydroxylation is 3. The molecule has 2 aliphatic rings. The summed E-state index contributed by atoms with van der Waals surface area (Å²) in [6, 6.07) is 12.9. The van der Waals surface area contributed by atoms with Gasteiger partial charge in [-0.3, -0.25) is 4.79 Å². The first-order chi connectivity index (χ1) is 19.5. The van der Waals surface area contributed by atoms with Crippen LogP contribution in [0.1, 0.15) is 100 Å². The van der Waals surface area contributed by atoms with Gasteiger partial charge in [0.15, 0.2) is 0 Å². The van der Waals surface area contributed by atoms with Gasteiger partial charge in [-0.25, -0.2) is 0 Å². The quantitative estimate of drug-likeness (QED) is 0.198. The van der Waals surface area contributed by atoms with Crippen LogP contribution in [-0.2, 0) is 4.79 Å². The summed E-state index contributed by atoms with van der Waals surface area (Å²) in [5.74, 6) is 2.19. The van der Waals surface area contributed by atoms with E-state index in [4.69, 9.17) is 10.5 Å². The number of hydrogen-bond acceptors (Lipinski definition) is 3. The molecule has 41 heavy (non-hydrogen) atoms. The number of piperidine rings is 1. The van der Waals surface area contributed by atoms with Crippen molar-refractivity contribution in [1.29, 1.82) is 0 Å². The van der Waals surface area contributed by atoms with Gasteiger partial charge in [0, 0.05) is 19.1 Å². The molecule has 1 saturated heterocycles. The lowest BCUT2D eigenvalue weighted by Crippen LogP contribution is -2.41. The van der Waals surface area contributed by atoms with Gasteiger partial charge in [-0.2, -0.15) is 0 Å². The second-order valence-corrected chi connectivity index (χ2v) is 11.7. The summed E-state index contributed by atoms with van der Waals surface area (Å²) < 4.78 is 5.74. The van der Waals surface area contributed by atoms with Gasteiger partial charge < -0.3 is 15.4 Å². The normalized spacial score (nSPS) is 16.2. The SMILES string of the molecule is C=C(C)/C(C)=C/c1ccccc1C.CCC1CC1.CCCCOc1cc(C)cc(C)c1C.NC1CCCN(C=O)C1. The summed E-state index contributed by atoms with van der Waals surface area (Å²) in [6.07, 6.45) is 11.9. The fourth-order valence-electron chi connectivity index (χ4n) is 4.24. The largest absolute Gasteiger partial charge is 0.493 e. The highest BCUT2D eigenvalue weighted by Gasteiger charge is 2.17. The number of nitrogens with two attached hydrogens (primary N) is 1. The lowest BCUT2D eigenvalue weighted by molar-refractivity contribution is -0.119. The number of carbonyl (C=O) groups excluding carboxylic acids is 1. The van der Waals surface area contributed by atoms with Gasteiger partial charge >= 0.3 is 0 Å². The molecular formula is C37H58N2O2. The molecule has 1 saturated carbocycles. The molecule has 0 bridgehead atoms. The Kier molecular flexibility index (Phi) is 17.7. The predicted molar refractivity (Wildman–Crippen MR) is 179 cm³/mol. The number of allylic oxidation sites excluding steroid dienone is 2. The van der Waals surface area contributed by atoms with Gasteiger partial charge in [-0.05, 0) is 106 Å². The lowest BCUT2D eigenvalue weighted by Gasteiger charge is -2.26. The third kappa shape index (κ3) is 15.7. The fraction of sp³-hybridized carbons (Fsp3) is 0.541. The van der Waals surface area contributed by atoms with Crippen LogP contribution in [0.2, 0.25) is 0 Å². The average Bonchev–Trinajstić information content (AvgIpc) is 3.79. The number of benzene rings is 2. The molecule has 2 fully saturated rings. The molecule has 1 aliphatic heterocycles. The minimum atomic E-state index is 0.212. The zero-order valence-electron chi connectivity index (χ0n) is 27.4. The number of nitrogens with zero attached hydrogens (tertiary/aromatic N) is 1. The predicted octanol–water partition coefficient (Wildman–Crippen LogP) is 9.14. The maximum absolute atomic E-state index is 10.2. The Morgan fingerprint density at radius 2 is 1.73 bits per heavy atom. The third-order valence-corrected chi connectivity index (χ3v) is 7.67. The Bertz CT molecular complexity index is 1080. The van der Waals surface area contributed by atoms with Gasteiger partial charge in [-0.1, -0.05) is 88.1 Å². The molecule has 1 atom stereocenters. The molecule has 0 radical (unpaired) electrons. The van der Waals surface area contributed by atoms with E-state index in [0.29, 0.717) is 0 Å². The lowest BCUT2D eigenvalue weighted by atomic mass is 10.0. The smallest absolute Gasteiger partial charge is 0.209 e. The topological polar surface area (TPSA) is 55.6 Å². The van der Waals surface area contributed by atoms with Crippen molar-refractivity contribution in [3.05, 3.63) is 81.9 Å². The molecule has 2 N–H and O–H groups in total. The van der Waals surface area contributed by atoms with Crippen molar-refractivity contribution in [2.24, 2.45) is 11.7 Å². The highest BCUT2D eigenvalue weighted by atomic mass is 16.5. The minimum Gasteiger partial charge on any atom is -0.493 e. The van der Waals surface area contributed by atoms with Gasteiger partial charge in [0.1, 0.15) is 5.75 Å². The first kappa shape index (κ1) is 36.2. The first-order valence-corrected chi connectivity index (χ1v) is 15.6. The van der Waals surface area contributed by atoms with E-state index in [1.807, 2.05) is 6.92 Å². The molecule has 228 valence electrons. The van der Waals surface area contributed by atoms with Crippen molar-refractivity contribution in [1.82, 2.24) is 4.90 Å². The molecule has 2 aromatic carbocycles. The van der Waals surface area contributed by atoms with E-state index in [-0.39, 0.29) is 6.04 Å². The van der Waals surface area contributed by atoms with Gasteiger partial charge in [0.2, 0.25) is 6.41 Å². The van der Waals surface area contributed by atoms with Gasteiger partial charge in [-0.15, -0.1) is 0 Å². The monoisotopic (exact) mass is 562 g/mol. The number of hydrogen-bond donors (Lipinski definition) is 1. The Morgan fingerprint density at radius 3 is 2.22 bits per heavy atom. The molecule has 1 aliphatic carbocycles. The Labute approximate surface area is 252 Å². The van der Waals surface area contributed by atoms with Crippen molar-refractivity contribution < 1.29 is 9.53 Å². The summed E-state index contributed by atoms with van der Waals surface area (Å²) in [5.41, 5.74) is 14.4. The van der Waals surface area contributed by atoms with Crippen molar-refractivity contribution in [3.8, 4) is 5.75 Å². The summed E-state index contributed by atoms with van der Waals surface area (Å²) in [7, 11) is 0. The van der Waals surface area contributed by atoms with E-state index in [1.54, 1.807) is 4.90 Å². The van der Waals surface area contributed by atoms with Crippen LogP contribution in [0.5, 0.6) is 5.75 Å². The summed E-state index contributed by atoms with van der Waals surface area (Å²) in [5, 5.41) is 0. The van der Waals surface area contributed by atoms with Gasteiger partial charge in [0.25, 0.3) is 0 Å². The number of carbonyl (C=O) groups is 1. The van der Waals surface area contributed by atoms with E-state index in [9.17, 15) is 4.79 Å². The molecule has 4 nitrogen and oxygen atoms in total. The second kappa shape index (κ2) is 20.1. The van der Waals surface area contributed by atoms with Crippen LogP contribution in [0.15, 0.2) is 54.1 Å². The fourth-order valence-corrected chi connectivity index (χ4v) is 4.24. The van der Waals surface area contributed by atoms with Crippen LogP contribution in [0.3, 0.4) is 0 Å². The molecule has 0 spiro atoms. The third-order valence-electron chi connectivity index (χ3n) is 7.67. The van der Waals surface area contributed by atoms with Crippen molar-refractivity contribution in [2.75, 3.05) is 19.7 Å². The molecule has 1 heterocycles.